The summed E-state index contributed by atoms with van der Waals surface area (Å²) in [6, 6.07) is 11.9. The number of nitrogens with one attached hydrogen (secondary N) is 2. The molecule has 0 radical (unpaired) electrons. The second-order valence-electron chi connectivity index (χ2n) is 6.94. The van der Waals surface area contributed by atoms with Gasteiger partial charge >= 0.3 is 0 Å². The third-order valence-electron chi connectivity index (χ3n) is 4.82. The van der Waals surface area contributed by atoms with Crippen LogP contribution in [0.25, 0.3) is 10.9 Å². The van der Waals surface area contributed by atoms with E-state index in [2.05, 4.69) is 43.7 Å². The van der Waals surface area contributed by atoms with Gasteiger partial charge in [-0.15, -0.1) is 6.42 Å². The molecule has 2 aromatic carbocycles. The van der Waals surface area contributed by atoms with Crippen molar-refractivity contribution in [1.82, 2.24) is 14.9 Å². The van der Waals surface area contributed by atoms with Gasteiger partial charge < -0.3 is 5.32 Å². The molecule has 1 saturated heterocycles. The molecule has 28 heavy (non-hydrogen) atoms. The van der Waals surface area contributed by atoms with E-state index in [4.69, 9.17) is 11.3 Å². The maximum absolute atomic E-state index is 5.46. The third-order valence-corrected chi connectivity index (χ3v) is 4.82. The van der Waals surface area contributed by atoms with E-state index in [1.54, 1.807) is 13.3 Å². The van der Waals surface area contributed by atoms with E-state index in [9.17, 15) is 0 Å². The minimum absolute atomic E-state index is 0.544. The lowest BCUT2D eigenvalue weighted by Gasteiger charge is -2.17. The first-order chi connectivity index (χ1) is 13.7. The molecule has 0 atom stereocenters. The molecule has 2 N–H and O–H groups in total. The molecule has 1 aliphatic heterocycles. The number of hydrogen-bond donors (Lipinski definition) is 2. The quantitative estimate of drug-likeness (QED) is 0.504. The monoisotopic (exact) mass is 373 g/mol. The Morgan fingerprint density at radius 2 is 1.96 bits per heavy atom. The summed E-state index contributed by atoms with van der Waals surface area (Å²) in [6.45, 7) is 3.22. The number of rotatable bonds is 6. The Kier molecular flexibility index (Phi) is 5.38. The molecule has 0 aliphatic carbocycles. The van der Waals surface area contributed by atoms with Crippen molar-refractivity contribution >= 4 is 28.2 Å². The van der Waals surface area contributed by atoms with Crippen molar-refractivity contribution in [3.05, 3.63) is 53.7 Å². The van der Waals surface area contributed by atoms with E-state index >= 15 is 0 Å². The molecule has 2 heterocycles. The highest BCUT2D eigenvalue weighted by Crippen LogP contribution is 2.24. The van der Waals surface area contributed by atoms with Crippen LogP contribution in [0.4, 0.5) is 17.3 Å². The van der Waals surface area contributed by atoms with E-state index in [0.29, 0.717) is 5.95 Å². The molecule has 0 amide bonds. The predicted octanol–water partition coefficient (Wildman–Crippen LogP) is 3.92. The molecule has 0 spiro atoms. The van der Waals surface area contributed by atoms with E-state index in [1.807, 2.05) is 24.3 Å². The van der Waals surface area contributed by atoms with Crippen molar-refractivity contribution in [2.75, 3.05) is 31.0 Å². The van der Waals surface area contributed by atoms with E-state index in [0.717, 1.165) is 47.5 Å². The summed E-state index contributed by atoms with van der Waals surface area (Å²) in [5.41, 5.74) is 7.61. The largest absolute Gasteiger partial charge is 0.324 e. The Bertz CT molecular complexity index is 1020. The van der Waals surface area contributed by atoms with Crippen LogP contribution in [-0.2, 0) is 11.4 Å². The maximum atomic E-state index is 5.46. The van der Waals surface area contributed by atoms with E-state index in [-0.39, 0.29) is 0 Å². The zero-order valence-electron chi connectivity index (χ0n) is 15.9. The number of fused-ring (bicyclic) bond motifs is 1. The van der Waals surface area contributed by atoms with Gasteiger partial charge in [0.25, 0.3) is 0 Å². The summed E-state index contributed by atoms with van der Waals surface area (Å²) in [4.78, 5) is 16.6. The van der Waals surface area contributed by atoms with Gasteiger partial charge in [0, 0.05) is 29.4 Å². The first kappa shape index (κ1) is 18.2. The van der Waals surface area contributed by atoms with Crippen LogP contribution in [0.1, 0.15) is 24.0 Å². The lowest BCUT2D eigenvalue weighted by Crippen LogP contribution is -2.18. The number of terminal acetylenes is 1. The van der Waals surface area contributed by atoms with Gasteiger partial charge in [0.1, 0.15) is 0 Å². The predicted molar refractivity (Wildman–Crippen MR) is 112 cm³/mol. The minimum atomic E-state index is 0.544. The zero-order chi connectivity index (χ0) is 19.3. The third kappa shape index (κ3) is 4.22. The lowest BCUT2D eigenvalue weighted by atomic mass is 10.1. The smallest absolute Gasteiger partial charge is 0.227 e. The molecule has 1 aromatic heterocycles. The molecule has 0 bridgehead atoms. The van der Waals surface area contributed by atoms with Crippen molar-refractivity contribution in [2.45, 2.75) is 19.4 Å². The summed E-state index contributed by atoms with van der Waals surface area (Å²) < 4.78 is 0. The van der Waals surface area contributed by atoms with Gasteiger partial charge in [-0.05, 0) is 67.9 Å². The fraction of sp³-hybridized carbons (Fsp3) is 0.273. The number of nitrogens with zero attached hydrogens (tertiary/aromatic N) is 3. The van der Waals surface area contributed by atoms with Crippen molar-refractivity contribution in [3.63, 3.8) is 0 Å². The van der Waals surface area contributed by atoms with Gasteiger partial charge in [0.15, 0.2) is 0 Å². The van der Waals surface area contributed by atoms with Crippen molar-refractivity contribution in [2.24, 2.45) is 0 Å². The molecule has 4 rings (SSSR count). The minimum Gasteiger partial charge on any atom is -0.324 e. The SMILES string of the molecule is C#Cc1ccc2nc(Nc3cc(CN4CCCC4)cc(NOC)c3)ncc2c1. The van der Waals surface area contributed by atoms with Crippen molar-refractivity contribution in [1.29, 1.82) is 0 Å². The van der Waals surface area contributed by atoms with Crippen molar-refractivity contribution < 1.29 is 4.84 Å². The molecular formula is C22H23N5O. The summed E-state index contributed by atoms with van der Waals surface area (Å²) in [7, 11) is 1.61. The Morgan fingerprint density at radius 3 is 2.75 bits per heavy atom. The highest BCUT2D eigenvalue weighted by Gasteiger charge is 2.13. The average molecular weight is 373 g/mol. The zero-order valence-corrected chi connectivity index (χ0v) is 15.9. The van der Waals surface area contributed by atoms with E-state index in [1.165, 1.54) is 18.4 Å². The van der Waals surface area contributed by atoms with Gasteiger partial charge in [-0.2, -0.15) is 0 Å². The highest BCUT2D eigenvalue weighted by molar-refractivity contribution is 5.80. The number of likely N-dealkylation sites (tertiary alicyclic amines) is 1. The number of hydrogen-bond acceptors (Lipinski definition) is 6. The molecule has 1 fully saturated rings. The summed E-state index contributed by atoms with van der Waals surface area (Å²) in [5.74, 6) is 3.18. The first-order valence-electron chi connectivity index (χ1n) is 9.39. The molecule has 0 unspecified atom stereocenters. The van der Waals surface area contributed by atoms with Gasteiger partial charge in [-0.1, -0.05) is 5.92 Å². The highest BCUT2D eigenvalue weighted by atomic mass is 16.6. The Balaban J connectivity index is 1.59. The van der Waals surface area contributed by atoms with Crippen LogP contribution in [0.5, 0.6) is 0 Å². The number of benzene rings is 2. The number of anilines is 3. The van der Waals surface area contributed by atoms with Crippen LogP contribution in [0.15, 0.2) is 42.6 Å². The fourth-order valence-electron chi connectivity index (χ4n) is 3.54. The molecule has 142 valence electrons. The first-order valence-corrected chi connectivity index (χ1v) is 9.39. The summed E-state index contributed by atoms with van der Waals surface area (Å²) >= 11 is 0. The molecule has 6 heteroatoms. The fourth-order valence-corrected chi connectivity index (χ4v) is 3.54. The Labute approximate surface area is 164 Å². The van der Waals surface area contributed by atoms with Gasteiger partial charge in [-0.25, -0.2) is 9.97 Å². The second kappa shape index (κ2) is 8.26. The number of aromatic nitrogens is 2. The summed E-state index contributed by atoms with van der Waals surface area (Å²) in [5, 5.41) is 4.23. The van der Waals surface area contributed by atoms with Crippen LogP contribution in [-0.4, -0.2) is 35.1 Å². The van der Waals surface area contributed by atoms with Gasteiger partial charge in [-0.3, -0.25) is 15.2 Å². The maximum Gasteiger partial charge on any atom is 0.227 e. The molecule has 3 aromatic rings. The summed E-state index contributed by atoms with van der Waals surface area (Å²) in [6.07, 6.45) is 9.79. The van der Waals surface area contributed by atoms with Crippen LogP contribution < -0.4 is 10.8 Å². The molecule has 0 saturated carbocycles. The Hall–Kier alpha value is -3.14. The molecular weight excluding hydrogens is 350 g/mol. The Morgan fingerprint density at radius 1 is 1.14 bits per heavy atom. The van der Waals surface area contributed by atoms with Crippen LogP contribution in [0.3, 0.4) is 0 Å². The normalized spacial score (nSPS) is 14.1. The average Bonchev–Trinajstić information content (AvgIpc) is 3.20. The van der Waals surface area contributed by atoms with Gasteiger partial charge in [0.2, 0.25) is 5.95 Å². The van der Waals surface area contributed by atoms with Crippen LogP contribution in [0, 0.1) is 12.3 Å². The van der Waals surface area contributed by atoms with Crippen LogP contribution >= 0.6 is 0 Å². The standard InChI is InChI=1S/C22H23N5O/c1-3-16-6-7-21-18(10-16)14-23-22(25-21)24-19-11-17(12-20(13-19)26-28-2)15-27-8-4-5-9-27/h1,6-7,10-14,26H,4-5,8-9,15H2,2H3,(H,23,24,25). The van der Waals surface area contributed by atoms with Crippen molar-refractivity contribution in [3.8, 4) is 12.3 Å². The van der Waals surface area contributed by atoms with Crippen LogP contribution in [0.2, 0.25) is 0 Å². The lowest BCUT2D eigenvalue weighted by molar-refractivity contribution is 0.271. The van der Waals surface area contributed by atoms with E-state index < -0.39 is 0 Å². The van der Waals surface area contributed by atoms with Gasteiger partial charge in [0.05, 0.1) is 18.3 Å². The molecule has 6 nitrogen and oxygen atoms in total. The second-order valence-corrected chi connectivity index (χ2v) is 6.94. The molecule has 1 aliphatic rings. The topological polar surface area (TPSA) is 62.3 Å².